The lowest BCUT2D eigenvalue weighted by Crippen LogP contribution is -2.37. The second-order valence-corrected chi connectivity index (χ2v) is 7.67. The van der Waals surface area contributed by atoms with E-state index in [1.807, 2.05) is 0 Å². The van der Waals surface area contributed by atoms with Crippen molar-refractivity contribution in [2.24, 2.45) is 11.8 Å². The van der Waals surface area contributed by atoms with Crippen LogP contribution in [0.4, 0.5) is 18.0 Å². The SMILES string of the molecule is CC(C)(C)OC(=O)C1CN(C(=O)OC(C)(C)C)CC1C(F)(F)F. The molecule has 0 N–H and O–H groups in total. The van der Waals surface area contributed by atoms with Gasteiger partial charge >= 0.3 is 18.2 Å². The minimum atomic E-state index is -4.60. The average Bonchev–Trinajstić information content (AvgIpc) is 2.67. The lowest BCUT2D eigenvalue weighted by Gasteiger charge is -2.25. The van der Waals surface area contributed by atoms with Crippen LogP contribution in [0.5, 0.6) is 0 Å². The molecule has 1 rings (SSSR count). The molecule has 2 unspecified atom stereocenters. The van der Waals surface area contributed by atoms with Gasteiger partial charge < -0.3 is 14.4 Å². The van der Waals surface area contributed by atoms with Gasteiger partial charge in [-0.15, -0.1) is 0 Å². The maximum Gasteiger partial charge on any atom is 0.410 e. The van der Waals surface area contributed by atoms with Gasteiger partial charge in [-0.3, -0.25) is 4.79 Å². The third kappa shape index (κ3) is 5.91. The molecular weight excluding hydrogens is 315 g/mol. The average molecular weight is 339 g/mol. The van der Waals surface area contributed by atoms with Crippen LogP contribution in [0.2, 0.25) is 0 Å². The number of esters is 1. The zero-order valence-corrected chi connectivity index (χ0v) is 14.3. The first-order valence-corrected chi connectivity index (χ1v) is 7.37. The highest BCUT2D eigenvalue weighted by Crippen LogP contribution is 2.39. The van der Waals surface area contributed by atoms with Crippen LogP contribution in [0.1, 0.15) is 41.5 Å². The molecule has 23 heavy (non-hydrogen) atoms. The van der Waals surface area contributed by atoms with Crippen molar-refractivity contribution in [1.29, 1.82) is 0 Å². The standard InChI is InChI=1S/C15H24F3NO4/c1-13(2,3)22-11(20)9-7-19(8-10(9)15(16,17)18)12(21)23-14(4,5)6/h9-10H,7-8H2,1-6H3. The Balaban J connectivity index is 2.92. The van der Waals surface area contributed by atoms with Gasteiger partial charge in [-0.2, -0.15) is 13.2 Å². The van der Waals surface area contributed by atoms with Gasteiger partial charge in [0.05, 0.1) is 11.8 Å². The van der Waals surface area contributed by atoms with Crippen molar-refractivity contribution < 1.29 is 32.2 Å². The van der Waals surface area contributed by atoms with Crippen molar-refractivity contribution in [1.82, 2.24) is 4.90 Å². The van der Waals surface area contributed by atoms with Gasteiger partial charge in [0.1, 0.15) is 11.2 Å². The molecule has 2 atom stereocenters. The molecule has 1 aliphatic heterocycles. The normalized spacial score (nSPS) is 22.9. The number of nitrogens with zero attached hydrogens (tertiary/aromatic N) is 1. The molecule has 1 fully saturated rings. The summed E-state index contributed by atoms with van der Waals surface area (Å²) in [5.41, 5.74) is -1.72. The predicted octanol–water partition coefficient (Wildman–Crippen LogP) is 3.37. The van der Waals surface area contributed by atoms with E-state index in [9.17, 15) is 22.8 Å². The van der Waals surface area contributed by atoms with E-state index in [0.717, 1.165) is 4.90 Å². The number of amides is 1. The van der Waals surface area contributed by atoms with Gasteiger partial charge in [-0.1, -0.05) is 0 Å². The summed E-state index contributed by atoms with van der Waals surface area (Å²) in [6.45, 7) is 8.61. The van der Waals surface area contributed by atoms with Crippen molar-refractivity contribution in [3.8, 4) is 0 Å². The van der Waals surface area contributed by atoms with E-state index in [0.29, 0.717) is 0 Å². The zero-order chi connectivity index (χ0) is 18.2. The summed E-state index contributed by atoms with van der Waals surface area (Å²) >= 11 is 0. The quantitative estimate of drug-likeness (QED) is 0.687. The number of rotatable bonds is 1. The van der Waals surface area contributed by atoms with Gasteiger partial charge in [0.25, 0.3) is 0 Å². The van der Waals surface area contributed by atoms with Crippen LogP contribution in [-0.4, -0.2) is 47.4 Å². The van der Waals surface area contributed by atoms with E-state index in [1.54, 1.807) is 41.5 Å². The first-order valence-electron chi connectivity index (χ1n) is 7.37. The van der Waals surface area contributed by atoms with E-state index in [2.05, 4.69) is 0 Å². The molecule has 0 aliphatic carbocycles. The lowest BCUT2D eigenvalue weighted by molar-refractivity contribution is -0.194. The number of carbonyl (C=O) groups excluding carboxylic acids is 2. The first kappa shape index (κ1) is 19.6. The Kier molecular flexibility index (Phi) is 5.28. The molecular formula is C15H24F3NO4. The molecule has 0 radical (unpaired) electrons. The number of likely N-dealkylation sites (tertiary alicyclic amines) is 1. The van der Waals surface area contributed by atoms with E-state index in [4.69, 9.17) is 9.47 Å². The third-order valence-electron chi connectivity index (χ3n) is 3.10. The number of hydrogen-bond acceptors (Lipinski definition) is 4. The molecule has 0 saturated carbocycles. The molecule has 1 heterocycles. The van der Waals surface area contributed by atoms with Crippen LogP contribution in [0, 0.1) is 11.8 Å². The van der Waals surface area contributed by atoms with Crippen LogP contribution < -0.4 is 0 Å². The molecule has 134 valence electrons. The molecule has 0 aromatic heterocycles. The minimum absolute atomic E-state index is 0.367. The Morgan fingerprint density at radius 2 is 1.39 bits per heavy atom. The van der Waals surface area contributed by atoms with Crippen molar-refractivity contribution in [3.05, 3.63) is 0 Å². The van der Waals surface area contributed by atoms with Crippen LogP contribution in [0.3, 0.4) is 0 Å². The Labute approximate surface area is 134 Å². The minimum Gasteiger partial charge on any atom is -0.460 e. The van der Waals surface area contributed by atoms with Crippen LogP contribution >= 0.6 is 0 Å². The zero-order valence-electron chi connectivity index (χ0n) is 14.3. The molecule has 1 aliphatic rings. The maximum atomic E-state index is 13.2. The van der Waals surface area contributed by atoms with Crippen molar-refractivity contribution in [2.75, 3.05) is 13.1 Å². The number of alkyl halides is 3. The topological polar surface area (TPSA) is 55.8 Å². The molecule has 5 nitrogen and oxygen atoms in total. The highest BCUT2D eigenvalue weighted by Gasteiger charge is 2.54. The first-order chi connectivity index (χ1) is 10.1. The number of halogens is 3. The van der Waals surface area contributed by atoms with Gasteiger partial charge in [0.2, 0.25) is 0 Å². The molecule has 0 aromatic rings. The third-order valence-corrected chi connectivity index (χ3v) is 3.10. The molecule has 0 spiro atoms. The van der Waals surface area contributed by atoms with Gasteiger partial charge in [0, 0.05) is 13.1 Å². The van der Waals surface area contributed by atoms with Crippen LogP contribution in [0.15, 0.2) is 0 Å². The van der Waals surface area contributed by atoms with Crippen molar-refractivity contribution >= 4 is 12.1 Å². The molecule has 0 aromatic carbocycles. The second kappa shape index (κ2) is 6.20. The molecule has 1 amide bonds. The maximum absolute atomic E-state index is 13.2. The van der Waals surface area contributed by atoms with Crippen LogP contribution in [0.25, 0.3) is 0 Å². The Morgan fingerprint density at radius 1 is 0.913 bits per heavy atom. The summed E-state index contributed by atoms with van der Waals surface area (Å²) < 4.78 is 49.7. The van der Waals surface area contributed by atoms with Gasteiger partial charge in [0.15, 0.2) is 0 Å². The summed E-state index contributed by atoms with van der Waals surface area (Å²) in [7, 11) is 0. The fourth-order valence-corrected chi connectivity index (χ4v) is 2.23. The summed E-state index contributed by atoms with van der Waals surface area (Å²) in [5.74, 6) is -4.35. The van der Waals surface area contributed by atoms with Crippen molar-refractivity contribution in [3.63, 3.8) is 0 Å². The van der Waals surface area contributed by atoms with E-state index < -0.39 is 47.8 Å². The molecule has 1 saturated heterocycles. The number of ether oxygens (including phenoxy) is 2. The van der Waals surface area contributed by atoms with E-state index in [-0.39, 0.29) is 6.54 Å². The second-order valence-electron chi connectivity index (χ2n) is 7.67. The summed E-state index contributed by atoms with van der Waals surface area (Å²) in [6.07, 6.45) is -5.46. The number of hydrogen-bond donors (Lipinski definition) is 0. The highest BCUT2D eigenvalue weighted by molar-refractivity contribution is 5.76. The number of carbonyl (C=O) groups is 2. The Morgan fingerprint density at radius 3 is 1.78 bits per heavy atom. The Bertz CT molecular complexity index is 463. The van der Waals surface area contributed by atoms with Gasteiger partial charge in [-0.05, 0) is 41.5 Å². The fraction of sp³-hybridized carbons (Fsp3) is 0.867. The fourth-order valence-electron chi connectivity index (χ4n) is 2.23. The summed E-state index contributed by atoms with van der Waals surface area (Å²) in [6, 6.07) is 0. The van der Waals surface area contributed by atoms with Crippen molar-refractivity contribution in [2.45, 2.75) is 58.9 Å². The molecule has 8 heteroatoms. The van der Waals surface area contributed by atoms with Gasteiger partial charge in [-0.25, -0.2) is 4.79 Å². The highest BCUT2D eigenvalue weighted by atomic mass is 19.4. The summed E-state index contributed by atoms with van der Waals surface area (Å²) in [5, 5.41) is 0. The predicted molar refractivity (Wildman–Crippen MR) is 76.7 cm³/mol. The smallest absolute Gasteiger partial charge is 0.410 e. The van der Waals surface area contributed by atoms with E-state index in [1.165, 1.54) is 0 Å². The lowest BCUT2D eigenvalue weighted by atomic mass is 9.95. The summed E-state index contributed by atoms with van der Waals surface area (Å²) in [4.78, 5) is 25.0. The largest absolute Gasteiger partial charge is 0.460 e. The van der Waals surface area contributed by atoms with Crippen LogP contribution in [-0.2, 0) is 14.3 Å². The monoisotopic (exact) mass is 339 g/mol. The molecule has 0 bridgehead atoms. The Hall–Kier alpha value is -1.47. The van der Waals surface area contributed by atoms with E-state index >= 15 is 0 Å².